The van der Waals surface area contributed by atoms with Gasteiger partial charge in [0.05, 0.1) is 12.2 Å². The summed E-state index contributed by atoms with van der Waals surface area (Å²) in [5.74, 6) is -2.58. The predicted molar refractivity (Wildman–Crippen MR) is 183 cm³/mol. The number of ether oxygens (including phenoxy) is 2. The summed E-state index contributed by atoms with van der Waals surface area (Å²) in [5, 5.41) is 22.0. The smallest absolute Gasteiger partial charge is 0.193 e. The SMILES string of the molecule is C.CC(C)N(C)c1cccc(Cc2ccc([C@H]3O[C@@H]4C[C@H]5[C@@H]6C[C@H](F)C7=CC(=O)C=C[C@]7(C)[C@@]6(F)[C@@H](O)C[C@]5(C)[C@]4(C(=O)CO)O3)cc2)c1. The highest BCUT2D eigenvalue weighted by molar-refractivity contribution is 6.01. The number of fused-ring (bicyclic) bond motifs is 7. The molecule has 49 heavy (non-hydrogen) atoms. The number of aliphatic hydroxyl groups excluding tert-OH is 2. The van der Waals surface area contributed by atoms with Gasteiger partial charge < -0.3 is 24.6 Å². The number of halogens is 2. The third kappa shape index (κ3) is 4.94. The molecule has 4 fully saturated rings. The maximum Gasteiger partial charge on any atom is 0.193 e. The number of alkyl halides is 2. The van der Waals surface area contributed by atoms with Gasteiger partial charge in [-0.25, -0.2) is 8.78 Å². The molecule has 1 aliphatic heterocycles. The van der Waals surface area contributed by atoms with Crippen LogP contribution in [0.1, 0.15) is 77.4 Å². The summed E-state index contributed by atoms with van der Waals surface area (Å²) in [5.41, 5.74) is -2.50. The van der Waals surface area contributed by atoms with Crippen molar-refractivity contribution in [2.75, 3.05) is 18.6 Å². The van der Waals surface area contributed by atoms with Gasteiger partial charge in [0.2, 0.25) is 0 Å². The normalized spacial score (nSPS) is 39.0. The van der Waals surface area contributed by atoms with Gasteiger partial charge in [0.15, 0.2) is 29.1 Å². The van der Waals surface area contributed by atoms with Gasteiger partial charge in [0, 0.05) is 41.1 Å². The van der Waals surface area contributed by atoms with E-state index in [1.165, 1.54) is 17.7 Å². The number of benzene rings is 2. The molecule has 2 aromatic rings. The van der Waals surface area contributed by atoms with Crippen LogP contribution in [0.4, 0.5) is 14.5 Å². The first-order valence-corrected chi connectivity index (χ1v) is 17.0. The molecule has 0 amide bonds. The summed E-state index contributed by atoms with van der Waals surface area (Å²) < 4.78 is 46.6. The van der Waals surface area contributed by atoms with Crippen molar-refractivity contribution >= 4 is 17.3 Å². The van der Waals surface area contributed by atoms with Gasteiger partial charge in [-0.15, -0.1) is 0 Å². The summed E-state index contributed by atoms with van der Waals surface area (Å²) in [7, 11) is 2.08. The molecule has 10 atom stereocenters. The number of allylic oxidation sites excluding steroid dienone is 4. The van der Waals surface area contributed by atoms with Crippen molar-refractivity contribution in [1.29, 1.82) is 0 Å². The van der Waals surface area contributed by atoms with E-state index in [9.17, 15) is 19.8 Å². The van der Waals surface area contributed by atoms with Crippen LogP contribution in [0.3, 0.4) is 0 Å². The molecule has 7 rings (SSSR count). The standard InChI is InChI=1S/C39H45F2NO6.CH4/c1-22(2)42(5)26-8-6-7-24(16-26)15-23-9-11-25(12-10-23)35-47-34-19-28-29-18-31(40)30-17-27(44)13-14-36(30,3)38(29,41)32(45)20-37(28,4)39(34,48-35)33(46)21-43;/h6-14,16-17,22,28-29,31-32,34-35,43,45H,15,18-21H2,1-5H3;1H4/t28-,29-,31-,32-,34+,35-,36-,37-,38-,39+;/m0./s1. The molecule has 1 saturated heterocycles. The number of hydrogen-bond donors (Lipinski definition) is 2. The van der Waals surface area contributed by atoms with Gasteiger partial charge in [0.1, 0.15) is 12.8 Å². The van der Waals surface area contributed by atoms with E-state index >= 15 is 8.78 Å². The summed E-state index contributed by atoms with van der Waals surface area (Å²) in [6.45, 7) is 6.81. The maximum absolute atomic E-state index is 17.6. The Morgan fingerprint density at radius 2 is 1.80 bits per heavy atom. The van der Waals surface area contributed by atoms with Gasteiger partial charge in [-0.3, -0.25) is 9.59 Å². The zero-order valence-corrected chi connectivity index (χ0v) is 28.2. The lowest BCUT2D eigenvalue weighted by Gasteiger charge is -2.63. The van der Waals surface area contributed by atoms with E-state index in [-0.39, 0.29) is 32.3 Å². The molecule has 7 nitrogen and oxygen atoms in total. The van der Waals surface area contributed by atoms with E-state index in [1.54, 1.807) is 13.8 Å². The fourth-order valence-corrected chi connectivity index (χ4v) is 9.93. The summed E-state index contributed by atoms with van der Waals surface area (Å²) in [6.07, 6.45) is -0.622. The van der Waals surface area contributed by atoms with E-state index in [4.69, 9.17) is 9.47 Å². The molecule has 0 unspecified atom stereocenters. The highest BCUT2D eigenvalue weighted by Gasteiger charge is 2.80. The van der Waals surface area contributed by atoms with E-state index in [1.807, 2.05) is 24.3 Å². The number of hydrogen-bond acceptors (Lipinski definition) is 7. The van der Waals surface area contributed by atoms with E-state index < -0.39 is 76.8 Å². The van der Waals surface area contributed by atoms with E-state index in [0.717, 1.165) is 23.7 Å². The minimum atomic E-state index is -2.29. The second-order valence-corrected chi connectivity index (χ2v) is 15.3. The highest BCUT2D eigenvalue weighted by Crippen LogP contribution is 2.72. The Bertz CT molecular complexity index is 1690. The molecule has 264 valence electrons. The summed E-state index contributed by atoms with van der Waals surface area (Å²) in [4.78, 5) is 28.2. The second-order valence-electron chi connectivity index (χ2n) is 15.3. The first kappa shape index (κ1) is 35.6. The monoisotopic (exact) mass is 677 g/mol. The number of carbonyl (C=O) groups is 2. The number of ketones is 2. The largest absolute Gasteiger partial charge is 0.390 e. The molecular weight excluding hydrogens is 628 g/mol. The summed E-state index contributed by atoms with van der Waals surface area (Å²) >= 11 is 0. The third-order valence-electron chi connectivity index (χ3n) is 12.7. The van der Waals surface area contributed by atoms with E-state index in [2.05, 4.69) is 50.1 Å². The Balaban J connectivity index is 0.00000417. The van der Waals surface area contributed by atoms with Crippen LogP contribution < -0.4 is 4.90 Å². The lowest BCUT2D eigenvalue weighted by molar-refractivity contribution is -0.235. The van der Waals surface area contributed by atoms with Crippen LogP contribution in [0.2, 0.25) is 0 Å². The van der Waals surface area contributed by atoms with E-state index in [0.29, 0.717) is 11.6 Å². The number of nitrogens with zero attached hydrogens (tertiary/aromatic N) is 1. The molecule has 0 radical (unpaired) electrons. The molecule has 3 saturated carbocycles. The molecular formula is C40H49F2NO6. The van der Waals surface area contributed by atoms with Crippen LogP contribution in [0.15, 0.2) is 72.3 Å². The van der Waals surface area contributed by atoms with Crippen molar-refractivity contribution in [3.8, 4) is 0 Å². The van der Waals surface area contributed by atoms with Gasteiger partial charge in [-0.2, -0.15) is 0 Å². The molecule has 0 bridgehead atoms. The average Bonchev–Trinajstić information content (AvgIpc) is 3.56. The van der Waals surface area contributed by atoms with Crippen LogP contribution in [-0.4, -0.2) is 71.1 Å². The first-order valence-electron chi connectivity index (χ1n) is 17.0. The lowest BCUT2D eigenvalue weighted by Crippen LogP contribution is -2.70. The van der Waals surface area contributed by atoms with Crippen LogP contribution in [0.25, 0.3) is 0 Å². The minimum Gasteiger partial charge on any atom is -0.390 e. The first-order chi connectivity index (χ1) is 22.7. The number of carbonyl (C=O) groups excluding carboxylic acids is 2. The van der Waals surface area contributed by atoms with Gasteiger partial charge in [-0.1, -0.05) is 56.8 Å². The second kappa shape index (κ2) is 12.2. The Hall–Kier alpha value is -3.24. The Morgan fingerprint density at radius 1 is 1.08 bits per heavy atom. The third-order valence-corrected chi connectivity index (χ3v) is 12.7. The zero-order chi connectivity index (χ0) is 34.4. The fraction of sp³-hybridized carbons (Fsp3) is 0.550. The topological polar surface area (TPSA) is 96.3 Å². The zero-order valence-electron chi connectivity index (χ0n) is 28.2. The molecule has 2 aromatic carbocycles. The molecule has 4 aliphatic carbocycles. The fourth-order valence-electron chi connectivity index (χ4n) is 9.93. The molecule has 1 heterocycles. The highest BCUT2D eigenvalue weighted by atomic mass is 19.1. The number of rotatable bonds is 7. The average molecular weight is 678 g/mol. The van der Waals surface area contributed by atoms with Gasteiger partial charge in [0.25, 0.3) is 0 Å². The molecule has 0 spiro atoms. The van der Waals surface area contributed by atoms with Crippen molar-refractivity contribution in [3.05, 3.63) is 89.0 Å². The van der Waals surface area contributed by atoms with Crippen molar-refractivity contribution < 1.29 is 38.1 Å². The van der Waals surface area contributed by atoms with Crippen molar-refractivity contribution in [2.24, 2.45) is 22.7 Å². The van der Waals surface area contributed by atoms with Crippen LogP contribution in [0.5, 0.6) is 0 Å². The molecule has 5 aliphatic rings. The van der Waals surface area contributed by atoms with Gasteiger partial charge in [-0.05, 0) is 93.4 Å². The quantitative estimate of drug-likeness (QED) is 0.350. The lowest BCUT2D eigenvalue weighted by atomic mass is 9.44. The maximum atomic E-state index is 17.6. The minimum absolute atomic E-state index is 0. The number of Topliss-reactive ketones (excluding diaryl/α,β-unsaturated/α-hetero) is 1. The molecule has 2 N–H and O–H groups in total. The Labute approximate surface area is 288 Å². The van der Waals surface area contributed by atoms with Crippen LogP contribution in [-0.2, 0) is 25.5 Å². The Morgan fingerprint density at radius 3 is 2.47 bits per heavy atom. The van der Waals surface area contributed by atoms with Crippen molar-refractivity contribution in [3.63, 3.8) is 0 Å². The summed E-state index contributed by atoms with van der Waals surface area (Å²) in [6, 6.07) is 16.6. The van der Waals surface area contributed by atoms with Crippen molar-refractivity contribution in [2.45, 2.75) is 103 Å². The van der Waals surface area contributed by atoms with Crippen LogP contribution >= 0.6 is 0 Å². The molecule has 9 heteroatoms. The van der Waals surface area contributed by atoms with Crippen LogP contribution in [0, 0.1) is 22.7 Å². The number of anilines is 1. The Kier molecular flexibility index (Phi) is 8.87. The predicted octanol–water partition coefficient (Wildman–Crippen LogP) is 6.40. The van der Waals surface area contributed by atoms with Gasteiger partial charge >= 0.3 is 0 Å². The van der Waals surface area contributed by atoms with Crippen molar-refractivity contribution in [1.82, 2.24) is 0 Å². The molecule has 0 aromatic heterocycles. The number of aliphatic hydroxyl groups is 2.